The van der Waals surface area contributed by atoms with Gasteiger partial charge in [-0.25, -0.2) is 0 Å². The minimum Gasteiger partial charge on any atom is -0.461 e. The molecule has 0 fully saturated rings. The zero-order valence-corrected chi connectivity index (χ0v) is 8.93. The van der Waals surface area contributed by atoms with Gasteiger partial charge in [0.2, 0.25) is 0 Å². The molecule has 0 bridgehead atoms. The van der Waals surface area contributed by atoms with Gasteiger partial charge in [0.15, 0.2) is 0 Å². The lowest BCUT2D eigenvalue weighted by molar-refractivity contribution is -0.137. The van der Waals surface area contributed by atoms with Crippen LogP contribution in [0, 0.1) is 0 Å². The third kappa shape index (κ3) is 1.92. The molecule has 0 saturated heterocycles. The second kappa shape index (κ2) is 3.54. The first-order valence-corrected chi connectivity index (χ1v) is 4.98. The monoisotopic (exact) mass is 228 g/mol. The van der Waals surface area contributed by atoms with Gasteiger partial charge >= 0.3 is 6.18 Å². The first-order chi connectivity index (χ1) is 7.38. The van der Waals surface area contributed by atoms with Crippen molar-refractivity contribution in [1.29, 1.82) is 0 Å². The molecular weight excluding hydrogens is 217 g/mol. The van der Waals surface area contributed by atoms with Gasteiger partial charge in [-0.3, -0.25) is 0 Å². The van der Waals surface area contributed by atoms with Crippen molar-refractivity contribution in [2.75, 3.05) is 0 Å². The number of furan rings is 1. The summed E-state index contributed by atoms with van der Waals surface area (Å²) in [4.78, 5) is 0. The van der Waals surface area contributed by atoms with E-state index in [1.807, 2.05) is 13.8 Å². The molecule has 0 aliphatic heterocycles. The van der Waals surface area contributed by atoms with E-state index in [4.69, 9.17) is 4.42 Å². The first kappa shape index (κ1) is 11.0. The zero-order chi connectivity index (χ0) is 11.9. The lowest BCUT2D eigenvalue weighted by atomic mass is 10.1. The number of alkyl halides is 3. The maximum absolute atomic E-state index is 12.5. The molecular formula is C12H11F3O. The molecule has 2 aromatic rings. The van der Waals surface area contributed by atoms with Crippen molar-refractivity contribution in [2.24, 2.45) is 0 Å². The SMILES string of the molecule is CC(C)c1cc2cc(C(F)(F)F)ccc2o1. The lowest BCUT2D eigenvalue weighted by Crippen LogP contribution is -2.03. The van der Waals surface area contributed by atoms with Crippen LogP contribution in [-0.2, 0) is 6.18 Å². The van der Waals surface area contributed by atoms with Crippen LogP contribution in [0.15, 0.2) is 28.7 Å². The summed E-state index contributed by atoms with van der Waals surface area (Å²) >= 11 is 0. The maximum atomic E-state index is 12.5. The normalized spacial score (nSPS) is 12.6. The fourth-order valence-corrected chi connectivity index (χ4v) is 1.52. The average Bonchev–Trinajstić information content (AvgIpc) is 2.58. The van der Waals surface area contributed by atoms with E-state index in [9.17, 15) is 13.2 Å². The molecule has 0 aliphatic carbocycles. The highest BCUT2D eigenvalue weighted by Crippen LogP contribution is 2.33. The van der Waals surface area contributed by atoms with Gasteiger partial charge in [0, 0.05) is 11.3 Å². The molecule has 2 rings (SSSR count). The largest absolute Gasteiger partial charge is 0.461 e. The number of hydrogen-bond donors (Lipinski definition) is 0. The topological polar surface area (TPSA) is 13.1 Å². The van der Waals surface area contributed by atoms with E-state index in [1.165, 1.54) is 6.07 Å². The molecule has 1 aromatic heterocycles. The molecule has 0 radical (unpaired) electrons. The van der Waals surface area contributed by atoms with E-state index in [1.54, 1.807) is 6.07 Å². The van der Waals surface area contributed by atoms with Crippen molar-refractivity contribution in [3.63, 3.8) is 0 Å². The Morgan fingerprint density at radius 1 is 1.12 bits per heavy atom. The molecule has 0 atom stereocenters. The van der Waals surface area contributed by atoms with Crippen LogP contribution >= 0.6 is 0 Å². The molecule has 4 heteroatoms. The van der Waals surface area contributed by atoms with Gasteiger partial charge in [0.1, 0.15) is 11.3 Å². The quantitative estimate of drug-likeness (QED) is 0.696. The van der Waals surface area contributed by atoms with Crippen LogP contribution in [0.2, 0.25) is 0 Å². The average molecular weight is 228 g/mol. The van der Waals surface area contributed by atoms with Gasteiger partial charge in [-0.15, -0.1) is 0 Å². The third-order valence-corrected chi connectivity index (χ3v) is 2.43. The van der Waals surface area contributed by atoms with Crippen LogP contribution in [0.1, 0.15) is 31.1 Å². The van der Waals surface area contributed by atoms with Crippen molar-refractivity contribution in [1.82, 2.24) is 0 Å². The van der Waals surface area contributed by atoms with E-state index in [-0.39, 0.29) is 5.92 Å². The lowest BCUT2D eigenvalue weighted by Gasteiger charge is -2.04. The highest BCUT2D eigenvalue weighted by Gasteiger charge is 2.30. The highest BCUT2D eigenvalue weighted by molar-refractivity contribution is 5.79. The Labute approximate surface area is 90.9 Å². The van der Waals surface area contributed by atoms with Crippen molar-refractivity contribution in [3.8, 4) is 0 Å². The molecule has 1 nitrogen and oxygen atoms in total. The summed E-state index contributed by atoms with van der Waals surface area (Å²) < 4.78 is 42.8. The minimum absolute atomic E-state index is 0.168. The van der Waals surface area contributed by atoms with Crippen LogP contribution in [-0.4, -0.2) is 0 Å². The summed E-state index contributed by atoms with van der Waals surface area (Å²) in [7, 11) is 0. The molecule has 16 heavy (non-hydrogen) atoms. The highest BCUT2D eigenvalue weighted by atomic mass is 19.4. The van der Waals surface area contributed by atoms with E-state index < -0.39 is 11.7 Å². The number of hydrogen-bond acceptors (Lipinski definition) is 1. The van der Waals surface area contributed by atoms with Crippen molar-refractivity contribution in [3.05, 3.63) is 35.6 Å². The predicted octanol–water partition coefficient (Wildman–Crippen LogP) is 4.58. The van der Waals surface area contributed by atoms with Gasteiger partial charge in [-0.05, 0) is 24.3 Å². The Balaban J connectivity index is 2.54. The van der Waals surface area contributed by atoms with Crippen LogP contribution in [0.25, 0.3) is 11.0 Å². The molecule has 0 spiro atoms. The fourth-order valence-electron chi connectivity index (χ4n) is 1.52. The van der Waals surface area contributed by atoms with E-state index in [0.29, 0.717) is 16.7 Å². The third-order valence-electron chi connectivity index (χ3n) is 2.43. The zero-order valence-electron chi connectivity index (χ0n) is 8.93. The number of rotatable bonds is 1. The van der Waals surface area contributed by atoms with Crippen LogP contribution in [0.5, 0.6) is 0 Å². The Morgan fingerprint density at radius 3 is 2.38 bits per heavy atom. The number of benzene rings is 1. The van der Waals surface area contributed by atoms with Crippen LogP contribution in [0.4, 0.5) is 13.2 Å². The van der Waals surface area contributed by atoms with E-state index >= 15 is 0 Å². The number of fused-ring (bicyclic) bond motifs is 1. The fraction of sp³-hybridized carbons (Fsp3) is 0.333. The number of halogens is 3. The molecule has 0 N–H and O–H groups in total. The van der Waals surface area contributed by atoms with Gasteiger partial charge in [0.25, 0.3) is 0 Å². The van der Waals surface area contributed by atoms with E-state index in [2.05, 4.69) is 0 Å². The smallest absolute Gasteiger partial charge is 0.416 e. The van der Waals surface area contributed by atoms with Gasteiger partial charge in [-0.1, -0.05) is 13.8 Å². The Kier molecular flexibility index (Phi) is 2.45. The summed E-state index contributed by atoms with van der Waals surface area (Å²) in [5, 5.41) is 0.499. The van der Waals surface area contributed by atoms with Crippen LogP contribution < -0.4 is 0 Å². The Morgan fingerprint density at radius 2 is 1.81 bits per heavy atom. The first-order valence-electron chi connectivity index (χ1n) is 4.98. The molecule has 1 aromatic carbocycles. The second-order valence-electron chi connectivity index (χ2n) is 4.05. The van der Waals surface area contributed by atoms with E-state index in [0.717, 1.165) is 12.1 Å². The summed E-state index contributed by atoms with van der Waals surface area (Å²) in [6, 6.07) is 5.18. The summed E-state index contributed by atoms with van der Waals surface area (Å²) in [5.74, 6) is 0.871. The van der Waals surface area contributed by atoms with Gasteiger partial charge in [0.05, 0.1) is 5.56 Å². The molecule has 1 heterocycles. The summed E-state index contributed by atoms with van der Waals surface area (Å²) in [6.45, 7) is 3.87. The van der Waals surface area contributed by atoms with Crippen molar-refractivity contribution < 1.29 is 17.6 Å². The predicted molar refractivity (Wildman–Crippen MR) is 55.3 cm³/mol. The van der Waals surface area contributed by atoms with Gasteiger partial charge < -0.3 is 4.42 Å². The summed E-state index contributed by atoms with van der Waals surface area (Å²) in [6.07, 6.45) is -4.30. The molecule has 0 unspecified atom stereocenters. The standard InChI is InChI=1S/C12H11F3O/c1-7(2)11-6-8-5-9(12(13,14)15)3-4-10(8)16-11/h3-7H,1-2H3. The molecule has 0 aliphatic rings. The van der Waals surface area contributed by atoms with Gasteiger partial charge in [-0.2, -0.15) is 13.2 Å². The Hall–Kier alpha value is -1.45. The van der Waals surface area contributed by atoms with Crippen LogP contribution in [0.3, 0.4) is 0 Å². The maximum Gasteiger partial charge on any atom is 0.416 e. The van der Waals surface area contributed by atoms with Crippen molar-refractivity contribution in [2.45, 2.75) is 25.9 Å². The summed E-state index contributed by atoms with van der Waals surface area (Å²) in [5.41, 5.74) is -0.146. The van der Waals surface area contributed by atoms with Crippen molar-refractivity contribution >= 4 is 11.0 Å². The molecule has 0 saturated carbocycles. The molecule has 0 amide bonds. The second-order valence-corrected chi connectivity index (χ2v) is 4.05. The molecule has 86 valence electrons. The Bertz CT molecular complexity index is 508. The minimum atomic E-state index is -4.30.